The summed E-state index contributed by atoms with van der Waals surface area (Å²) in [5.74, 6) is 0.348. The van der Waals surface area contributed by atoms with Gasteiger partial charge in [0.2, 0.25) is 5.91 Å². The van der Waals surface area contributed by atoms with Crippen molar-refractivity contribution in [3.05, 3.63) is 35.6 Å². The van der Waals surface area contributed by atoms with Crippen LogP contribution in [0.5, 0.6) is 0 Å². The van der Waals surface area contributed by atoms with E-state index in [1.165, 1.54) is 12.1 Å². The number of nitrogens with one attached hydrogen (secondary N) is 2. The van der Waals surface area contributed by atoms with Crippen molar-refractivity contribution in [2.24, 2.45) is 5.92 Å². The van der Waals surface area contributed by atoms with Gasteiger partial charge in [0.25, 0.3) is 0 Å². The number of hydrogen-bond acceptors (Lipinski definition) is 2. The Kier molecular flexibility index (Phi) is 6.58. The van der Waals surface area contributed by atoms with Gasteiger partial charge >= 0.3 is 6.03 Å². The predicted octanol–water partition coefficient (Wildman–Crippen LogP) is 2.66. The average molecular weight is 335 g/mol. The van der Waals surface area contributed by atoms with Gasteiger partial charge in [-0.25, -0.2) is 9.18 Å². The van der Waals surface area contributed by atoms with E-state index in [0.717, 1.165) is 37.2 Å². The van der Waals surface area contributed by atoms with Crippen molar-refractivity contribution in [3.63, 3.8) is 0 Å². The number of carbonyl (C=O) groups is 2. The maximum absolute atomic E-state index is 12.8. The number of hydrogen-bond donors (Lipinski definition) is 2. The normalized spacial score (nSPS) is 20.3. The molecule has 1 aliphatic rings. The molecule has 0 unspecified atom stereocenters. The molecule has 1 saturated carbocycles. The Morgan fingerprint density at radius 1 is 1.12 bits per heavy atom. The first-order valence-electron chi connectivity index (χ1n) is 8.47. The minimum atomic E-state index is -0.404. The van der Waals surface area contributed by atoms with Crippen molar-refractivity contribution >= 4 is 11.9 Å². The van der Waals surface area contributed by atoms with Crippen LogP contribution in [0, 0.1) is 11.7 Å². The number of carbonyl (C=O) groups excluding carboxylic acids is 2. The third kappa shape index (κ3) is 5.51. The summed E-state index contributed by atoms with van der Waals surface area (Å²) in [5.41, 5.74) is 0.798. The summed E-state index contributed by atoms with van der Waals surface area (Å²) in [6.45, 7) is 2.51. The number of rotatable bonds is 5. The van der Waals surface area contributed by atoms with E-state index in [1.54, 1.807) is 24.1 Å². The Bertz CT molecular complexity index is 554. The molecule has 3 amide bonds. The quantitative estimate of drug-likeness (QED) is 0.869. The topological polar surface area (TPSA) is 61.4 Å². The van der Waals surface area contributed by atoms with Gasteiger partial charge in [0, 0.05) is 19.6 Å². The molecule has 6 heteroatoms. The standard InChI is InChI=1S/C18H26FN3O2/c1-13-3-9-16(10-4-13)22(2)17(23)12-21-18(24)20-11-14-5-7-15(19)8-6-14/h5-8,13,16H,3-4,9-12H2,1-2H3,(H2,20,21,24). The highest BCUT2D eigenvalue weighted by molar-refractivity contribution is 5.84. The summed E-state index contributed by atoms with van der Waals surface area (Å²) in [4.78, 5) is 25.7. The smallest absolute Gasteiger partial charge is 0.315 e. The fraction of sp³-hybridized carbons (Fsp3) is 0.556. The van der Waals surface area contributed by atoms with Crippen molar-refractivity contribution in [3.8, 4) is 0 Å². The second-order valence-electron chi connectivity index (χ2n) is 6.58. The van der Waals surface area contributed by atoms with E-state index in [1.807, 2.05) is 0 Å². The summed E-state index contributed by atoms with van der Waals surface area (Å²) >= 11 is 0. The maximum Gasteiger partial charge on any atom is 0.315 e. The highest BCUT2D eigenvalue weighted by Gasteiger charge is 2.24. The first-order chi connectivity index (χ1) is 11.5. The Labute approximate surface area is 142 Å². The molecule has 2 N–H and O–H groups in total. The lowest BCUT2D eigenvalue weighted by molar-refractivity contribution is -0.131. The SMILES string of the molecule is CC1CCC(N(C)C(=O)CNC(=O)NCc2ccc(F)cc2)CC1. The number of urea groups is 1. The van der Waals surface area contributed by atoms with Gasteiger partial charge in [0.15, 0.2) is 0 Å². The van der Waals surface area contributed by atoms with Gasteiger partial charge in [0.1, 0.15) is 5.82 Å². The molecule has 0 heterocycles. The number of likely N-dealkylation sites (N-methyl/N-ethyl adjacent to an activating group) is 1. The van der Waals surface area contributed by atoms with Crippen molar-refractivity contribution in [1.82, 2.24) is 15.5 Å². The van der Waals surface area contributed by atoms with E-state index in [4.69, 9.17) is 0 Å². The van der Waals surface area contributed by atoms with Crippen molar-refractivity contribution in [1.29, 1.82) is 0 Å². The average Bonchev–Trinajstić information content (AvgIpc) is 2.59. The second-order valence-corrected chi connectivity index (χ2v) is 6.58. The highest BCUT2D eigenvalue weighted by Crippen LogP contribution is 2.26. The van der Waals surface area contributed by atoms with Crippen LogP contribution in [0.2, 0.25) is 0 Å². The Balaban J connectivity index is 1.68. The lowest BCUT2D eigenvalue weighted by Gasteiger charge is -2.33. The fourth-order valence-electron chi connectivity index (χ4n) is 2.96. The molecule has 0 atom stereocenters. The molecule has 0 bridgehead atoms. The molecule has 2 rings (SSSR count). The van der Waals surface area contributed by atoms with Crippen LogP contribution in [0.15, 0.2) is 24.3 Å². The Morgan fingerprint density at radius 2 is 1.75 bits per heavy atom. The fourth-order valence-corrected chi connectivity index (χ4v) is 2.96. The Hall–Kier alpha value is -2.11. The molecular formula is C18H26FN3O2. The van der Waals surface area contributed by atoms with Gasteiger partial charge in [0.05, 0.1) is 6.54 Å². The largest absolute Gasteiger partial charge is 0.341 e. The van der Waals surface area contributed by atoms with Gasteiger partial charge in [-0.3, -0.25) is 4.79 Å². The molecule has 1 fully saturated rings. The summed E-state index contributed by atoms with van der Waals surface area (Å²) in [5, 5.41) is 5.23. The molecule has 1 aliphatic carbocycles. The highest BCUT2D eigenvalue weighted by atomic mass is 19.1. The summed E-state index contributed by atoms with van der Waals surface area (Å²) in [6.07, 6.45) is 4.35. The molecule has 1 aromatic carbocycles. The minimum absolute atomic E-state index is 0.0161. The molecule has 0 aliphatic heterocycles. The van der Waals surface area contributed by atoms with E-state index < -0.39 is 6.03 Å². The molecule has 5 nitrogen and oxygen atoms in total. The summed E-state index contributed by atoms with van der Waals surface area (Å²) < 4.78 is 12.8. The third-order valence-corrected chi connectivity index (χ3v) is 4.69. The molecule has 0 saturated heterocycles. The molecule has 132 valence electrons. The lowest BCUT2D eigenvalue weighted by Crippen LogP contribution is -2.46. The van der Waals surface area contributed by atoms with Crippen LogP contribution in [0.25, 0.3) is 0 Å². The van der Waals surface area contributed by atoms with Crippen molar-refractivity contribution in [2.75, 3.05) is 13.6 Å². The zero-order chi connectivity index (χ0) is 17.5. The molecule has 0 radical (unpaired) electrons. The Morgan fingerprint density at radius 3 is 2.38 bits per heavy atom. The maximum atomic E-state index is 12.8. The second kappa shape index (κ2) is 8.66. The van der Waals surface area contributed by atoms with Crippen molar-refractivity contribution < 1.29 is 14.0 Å². The molecule has 24 heavy (non-hydrogen) atoms. The van der Waals surface area contributed by atoms with Gasteiger partial charge in [-0.1, -0.05) is 19.1 Å². The third-order valence-electron chi connectivity index (χ3n) is 4.69. The first kappa shape index (κ1) is 18.2. The van der Waals surface area contributed by atoms with Crippen LogP contribution < -0.4 is 10.6 Å². The van der Waals surface area contributed by atoms with Crippen LogP contribution in [0.4, 0.5) is 9.18 Å². The van der Waals surface area contributed by atoms with E-state index >= 15 is 0 Å². The van der Waals surface area contributed by atoms with Gasteiger partial charge in [-0.15, -0.1) is 0 Å². The number of benzene rings is 1. The molecule has 1 aromatic rings. The number of amides is 3. The lowest BCUT2D eigenvalue weighted by atomic mass is 9.87. The summed E-state index contributed by atoms with van der Waals surface area (Å²) in [7, 11) is 1.81. The van der Waals surface area contributed by atoms with E-state index in [-0.39, 0.29) is 30.9 Å². The van der Waals surface area contributed by atoms with E-state index in [2.05, 4.69) is 17.6 Å². The van der Waals surface area contributed by atoms with E-state index in [9.17, 15) is 14.0 Å². The number of halogens is 1. The molecule has 0 aromatic heterocycles. The molecule has 0 spiro atoms. The van der Waals surface area contributed by atoms with Crippen LogP contribution in [-0.4, -0.2) is 36.5 Å². The zero-order valence-electron chi connectivity index (χ0n) is 14.3. The van der Waals surface area contributed by atoms with Crippen molar-refractivity contribution in [2.45, 2.75) is 45.2 Å². The van der Waals surface area contributed by atoms with Crippen LogP contribution in [0.3, 0.4) is 0 Å². The predicted molar refractivity (Wildman–Crippen MR) is 90.8 cm³/mol. The van der Waals surface area contributed by atoms with Crippen LogP contribution in [-0.2, 0) is 11.3 Å². The first-order valence-corrected chi connectivity index (χ1v) is 8.47. The summed E-state index contributed by atoms with van der Waals surface area (Å²) in [6, 6.07) is 5.78. The monoisotopic (exact) mass is 335 g/mol. The van der Waals surface area contributed by atoms with Gasteiger partial charge in [-0.2, -0.15) is 0 Å². The van der Waals surface area contributed by atoms with Crippen LogP contribution >= 0.6 is 0 Å². The number of nitrogens with zero attached hydrogens (tertiary/aromatic N) is 1. The van der Waals surface area contributed by atoms with Crippen LogP contribution in [0.1, 0.15) is 38.2 Å². The molecular weight excluding hydrogens is 309 g/mol. The van der Waals surface area contributed by atoms with Gasteiger partial charge in [-0.05, 0) is 49.3 Å². The minimum Gasteiger partial charge on any atom is -0.341 e. The zero-order valence-corrected chi connectivity index (χ0v) is 14.3. The van der Waals surface area contributed by atoms with Gasteiger partial charge < -0.3 is 15.5 Å². The van der Waals surface area contributed by atoms with E-state index in [0.29, 0.717) is 0 Å².